The highest BCUT2D eigenvalue weighted by molar-refractivity contribution is 7.89. The SMILES string of the molecule is CC(C)NS(=O)(=O)c1cccc(CNC(=O)c2ccc(F)c(F)c2)c1. The molecule has 0 spiro atoms. The molecule has 1 amide bonds. The van der Waals surface area contributed by atoms with Crippen LogP contribution in [0.1, 0.15) is 29.8 Å². The maximum atomic E-state index is 13.2. The van der Waals surface area contributed by atoms with Crippen molar-refractivity contribution in [3.63, 3.8) is 0 Å². The van der Waals surface area contributed by atoms with Crippen molar-refractivity contribution in [1.29, 1.82) is 0 Å². The van der Waals surface area contributed by atoms with Crippen LogP contribution in [0.3, 0.4) is 0 Å². The minimum atomic E-state index is -3.64. The fourth-order valence-electron chi connectivity index (χ4n) is 2.12. The number of halogens is 2. The topological polar surface area (TPSA) is 75.3 Å². The normalized spacial score (nSPS) is 11.6. The van der Waals surface area contributed by atoms with E-state index < -0.39 is 27.6 Å². The minimum Gasteiger partial charge on any atom is -0.348 e. The predicted molar refractivity (Wildman–Crippen MR) is 89.4 cm³/mol. The Bertz CT molecular complexity index is 883. The molecule has 134 valence electrons. The largest absolute Gasteiger partial charge is 0.348 e. The first-order chi connectivity index (χ1) is 11.7. The van der Waals surface area contributed by atoms with E-state index in [2.05, 4.69) is 10.0 Å². The summed E-state index contributed by atoms with van der Waals surface area (Å²) in [4.78, 5) is 12.1. The third-order valence-corrected chi connectivity index (χ3v) is 4.89. The van der Waals surface area contributed by atoms with Crippen LogP contribution >= 0.6 is 0 Å². The van der Waals surface area contributed by atoms with Crippen LogP contribution in [0, 0.1) is 11.6 Å². The molecule has 0 aliphatic rings. The molecule has 0 saturated heterocycles. The number of benzene rings is 2. The van der Waals surface area contributed by atoms with Gasteiger partial charge in [0.25, 0.3) is 5.91 Å². The fourth-order valence-corrected chi connectivity index (χ4v) is 3.44. The third-order valence-electron chi connectivity index (χ3n) is 3.23. The van der Waals surface area contributed by atoms with Gasteiger partial charge in [-0.1, -0.05) is 12.1 Å². The highest BCUT2D eigenvalue weighted by atomic mass is 32.2. The van der Waals surface area contributed by atoms with Gasteiger partial charge in [-0.05, 0) is 49.7 Å². The molecule has 0 radical (unpaired) electrons. The van der Waals surface area contributed by atoms with Gasteiger partial charge in [-0.25, -0.2) is 21.9 Å². The van der Waals surface area contributed by atoms with E-state index in [1.165, 1.54) is 18.2 Å². The molecule has 0 saturated carbocycles. The maximum absolute atomic E-state index is 13.2. The number of carbonyl (C=O) groups is 1. The Morgan fingerprint density at radius 1 is 1.08 bits per heavy atom. The zero-order valence-electron chi connectivity index (χ0n) is 13.7. The molecule has 2 N–H and O–H groups in total. The monoisotopic (exact) mass is 368 g/mol. The molecule has 0 aliphatic heterocycles. The molecule has 0 unspecified atom stereocenters. The van der Waals surface area contributed by atoms with Gasteiger partial charge < -0.3 is 5.32 Å². The second kappa shape index (κ2) is 7.71. The van der Waals surface area contributed by atoms with Crippen molar-refractivity contribution in [1.82, 2.24) is 10.0 Å². The van der Waals surface area contributed by atoms with Crippen molar-refractivity contribution < 1.29 is 22.0 Å². The third kappa shape index (κ3) is 5.07. The first-order valence-corrected chi connectivity index (χ1v) is 9.02. The Labute approximate surface area is 145 Å². The molecule has 0 atom stereocenters. The van der Waals surface area contributed by atoms with Crippen molar-refractivity contribution in [3.8, 4) is 0 Å². The summed E-state index contributed by atoms with van der Waals surface area (Å²) in [6.07, 6.45) is 0. The van der Waals surface area contributed by atoms with Crippen molar-refractivity contribution in [3.05, 3.63) is 65.2 Å². The van der Waals surface area contributed by atoms with Crippen LogP contribution in [0.4, 0.5) is 8.78 Å². The van der Waals surface area contributed by atoms with Gasteiger partial charge >= 0.3 is 0 Å². The molecule has 2 rings (SSSR count). The van der Waals surface area contributed by atoms with E-state index in [1.807, 2.05) is 0 Å². The van der Waals surface area contributed by atoms with Crippen LogP contribution in [0.15, 0.2) is 47.4 Å². The van der Waals surface area contributed by atoms with Crippen LogP contribution < -0.4 is 10.0 Å². The Morgan fingerprint density at radius 3 is 2.44 bits per heavy atom. The number of hydrogen-bond acceptors (Lipinski definition) is 3. The quantitative estimate of drug-likeness (QED) is 0.823. The molecule has 0 aliphatic carbocycles. The van der Waals surface area contributed by atoms with E-state index in [0.717, 1.165) is 12.1 Å². The van der Waals surface area contributed by atoms with Gasteiger partial charge in [-0.2, -0.15) is 0 Å². The van der Waals surface area contributed by atoms with E-state index >= 15 is 0 Å². The van der Waals surface area contributed by atoms with Gasteiger partial charge in [0, 0.05) is 18.2 Å². The van der Waals surface area contributed by atoms with Crippen molar-refractivity contribution >= 4 is 15.9 Å². The number of nitrogens with one attached hydrogen (secondary N) is 2. The summed E-state index contributed by atoms with van der Waals surface area (Å²) in [6, 6.07) is 8.70. The van der Waals surface area contributed by atoms with E-state index in [1.54, 1.807) is 26.0 Å². The van der Waals surface area contributed by atoms with Crippen LogP contribution in [0.5, 0.6) is 0 Å². The second-order valence-electron chi connectivity index (χ2n) is 5.73. The lowest BCUT2D eigenvalue weighted by Gasteiger charge is -2.11. The second-order valence-corrected chi connectivity index (χ2v) is 7.45. The number of sulfonamides is 1. The van der Waals surface area contributed by atoms with E-state index in [-0.39, 0.29) is 23.0 Å². The van der Waals surface area contributed by atoms with Gasteiger partial charge in [0.2, 0.25) is 10.0 Å². The molecule has 5 nitrogen and oxygen atoms in total. The van der Waals surface area contributed by atoms with Gasteiger partial charge in [-0.15, -0.1) is 0 Å². The zero-order valence-corrected chi connectivity index (χ0v) is 14.5. The lowest BCUT2D eigenvalue weighted by Crippen LogP contribution is -2.30. The molecule has 0 bridgehead atoms. The average Bonchev–Trinajstić information content (AvgIpc) is 2.54. The van der Waals surface area contributed by atoms with Crippen LogP contribution in [0.2, 0.25) is 0 Å². The van der Waals surface area contributed by atoms with E-state index in [9.17, 15) is 22.0 Å². The van der Waals surface area contributed by atoms with Gasteiger partial charge in [0.05, 0.1) is 4.90 Å². The Kier molecular flexibility index (Phi) is 5.86. The van der Waals surface area contributed by atoms with Gasteiger partial charge in [0.15, 0.2) is 11.6 Å². The summed E-state index contributed by atoms with van der Waals surface area (Å²) in [7, 11) is -3.64. The standard InChI is InChI=1S/C17H18F2N2O3S/c1-11(2)21-25(23,24)14-5-3-4-12(8-14)10-20-17(22)13-6-7-15(18)16(19)9-13/h3-9,11,21H,10H2,1-2H3,(H,20,22). The molecule has 2 aromatic carbocycles. The molecule has 8 heteroatoms. The van der Waals surface area contributed by atoms with Gasteiger partial charge in [0.1, 0.15) is 0 Å². The molecular formula is C17H18F2N2O3S. The van der Waals surface area contributed by atoms with Crippen LogP contribution in [-0.2, 0) is 16.6 Å². The number of carbonyl (C=O) groups excluding carboxylic acids is 1. The summed E-state index contributed by atoms with van der Waals surface area (Å²) in [5.74, 6) is -2.74. The Morgan fingerprint density at radius 2 is 1.80 bits per heavy atom. The average molecular weight is 368 g/mol. The zero-order chi connectivity index (χ0) is 18.6. The van der Waals surface area contributed by atoms with Crippen molar-refractivity contribution in [2.24, 2.45) is 0 Å². The molecular weight excluding hydrogens is 350 g/mol. The highest BCUT2D eigenvalue weighted by Crippen LogP contribution is 2.13. The van der Waals surface area contributed by atoms with Crippen molar-refractivity contribution in [2.75, 3.05) is 0 Å². The fraction of sp³-hybridized carbons (Fsp3) is 0.235. The van der Waals surface area contributed by atoms with E-state index in [4.69, 9.17) is 0 Å². The van der Waals surface area contributed by atoms with Crippen molar-refractivity contribution in [2.45, 2.75) is 31.3 Å². The predicted octanol–water partition coefficient (Wildman–Crippen LogP) is 2.58. The smallest absolute Gasteiger partial charge is 0.251 e. The number of hydrogen-bond donors (Lipinski definition) is 2. The Balaban J connectivity index is 2.09. The molecule has 0 aromatic heterocycles. The van der Waals surface area contributed by atoms with Crippen LogP contribution in [0.25, 0.3) is 0 Å². The van der Waals surface area contributed by atoms with Gasteiger partial charge in [-0.3, -0.25) is 4.79 Å². The lowest BCUT2D eigenvalue weighted by molar-refractivity contribution is 0.0950. The Hall–Kier alpha value is -2.32. The first-order valence-electron chi connectivity index (χ1n) is 7.53. The van der Waals surface area contributed by atoms with E-state index in [0.29, 0.717) is 5.56 Å². The summed E-state index contributed by atoms with van der Waals surface area (Å²) in [5.41, 5.74) is 0.534. The number of rotatable bonds is 6. The lowest BCUT2D eigenvalue weighted by atomic mass is 10.2. The summed E-state index contributed by atoms with van der Waals surface area (Å²) in [5, 5.41) is 2.54. The maximum Gasteiger partial charge on any atom is 0.251 e. The summed E-state index contributed by atoms with van der Waals surface area (Å²) >= 11 is 0. The van der Waals surface area contributed by atoms with Crippen LogP contribution in [-0.4, -0.2) is 20.4 Å². The molecule has 0 heterocycles. The molecule has 25 heavy (non-hydrogen) atoms. The molecule has 0 fully saturated rings. The molecule has 2 aromatic rings. The number of amides is 1. The highest BCUT2D eigenvalue weighted by Gasteiger charge is 2.16. The minimum absolute atomic E-state index is 0.0239. The summed E-state index contributed by atoms with van der Waals surface area (Å²) < 4.78 is 52.8. The first kappa shape index (κ1) is 19.0. The summed E-state index contributed by atoms with van der Waals surface area (Å²) in [6.45, 7) is 3.47.